The number of H-pyrrole nitrogens is 1. The van der Waals surface area contributed by atoms with E-state index >= 15 is 0 Å². The molecule has 1 aromatic carbocycles. The topological polar surface area (TPSA) is 44.9 Å². The molecule has 3 rings (SSSR count). The first kappa shape index (κ1) is 11.3. The minimum atomic E-state index is 0.137. The van der Waals surface area contributed by atoms with Crippen molar-refractivity contribution in [1.29, 1.82) is 0 Å². The molecule has 3 nitrogen and oxygen atoms in total. The van der Waals surface area contributed by atoms with Crippen molar-refractivity contribution < 1.29 is 4.79 Å². The second-order valence-corrected chi connectivity index (χ2v) is 4.93. The SMILES string of the molecule is CCC(=O)NC1CCCc2[nH]c3ccccc3c21. The number of hydrogen-bond donors (Lipinski definition) is 2. The molecule has 0 fully saturated rings. The lowest BCUT2D eigenvalue weighted by molar-refractivity contribution is -0.121. The monoisotopic (exact) mass is 242 g/mol. The zero-order valence-electron chi connectivity index (χ0n) is 10.6. The molecular formula is C15H18N2O. The maximum absolute atomic E-state index is 11.6. The summed E-state index contributed by atoms with van der Waals surface area (Å²) in [5.41, 5.74) is 3.78. The van der Waals surface area contributed by atoms with Crippen molar-refractivity contribution in [3.05, 3.63) is 35.5 Å². The predicted molar refractivity (Wildman–Crippen MR) is 72.4 cm³/mol. The normalized spacial score (nSPS) is 18.6. The van der Waals surface area contributed by atoms with Crippen LogP contribution >= 0.6 is 0 Å². The van der Waals surface area contributed by atoms with Gasteiger partial charge in [-0.2, -0.15) is 0 Å². The number of fused-ring (bicyclic) bond motifs is 3. The number of carbonyl (C=O) groups is 1. The highest BCUT2D eigenvalue weighted by atomic mass is 16.1. The first-order chi connectivity index (χ1) is 8.79. The average Bonchev–Trinajstić information content (AvgIpc) is 2.78. The van der Waals surface area contributed by atoms with Gasteiger partial charge in [0.15, 0.2) is 0 Å². The van der Waals surface area contributed by atoms with Gasteiger partial charge in [0, 0.05) is 28.6 Å². The molecule has 94 valence electrons. The highest BCUT2D eigenvalue weighted by Gasteiger charge is 2.25. The smallest absolute Gasteiger partial charge is 0.220 e. The van der Waals surface area contributed by atoms with Crippen LogP contribution in [-0.2, 0) is 11.2 Å². The van der Waals surface area contributed by atoms with Gasteiger partial charge in [0.1, 0.15) is 0 Å². The summed E-state index contributed by atoms with van der Waals surface area (Å²) < 4.78 is 0. The Morgan fingerprint density at radius 3 is 3.11 bits per heavy atom. The summed E-state index contributed by atoms with van der Waals surface area (Å²) in [6.07, 6.45) is 3.81. The average molecular weight is 242 g/mol. The second kappa shape index (κ2) is 4.48. The third-order valence-electron chi connectivity index (χ3n) is 3.75. The Labute approximate surface area is 107 Å². The molecule has 1 aromatic heterocycles. The number of rotatable bonds is 2. The zero-order valence-corrected chi connectivity index (χ0v) is 10.6. The van der Waals surface area contributed by atoms with Crippen molar-refractivity contribution in [3.63, 3.8) is 0 Å². The fourth-order valence-corrected chi connectivity index (χ4v) is 2.88. The summed E-state index contributed by atoms with van der Waals surface area (Å²) in [6, 6.07) is 8.53. The fraction of sp³-hybridized carbons (Fsp3) is 0.400. The summed E-state index contributed by atoms with van der Waals surface area (Å²) in [4.78, 5) is 15.1. The van der Waals surface area contributed by atoms with Crippen LogP contribution in [0.4, 0.5) is 0 Å². The lowest BCUT2D eigenvalue weighted by Crippen LogP contribution is -2.30. The van der Waals surface area contributed by atoms with E-state index in [0.717, 1.165) is 19.3 Å². The third-order valence-corrected chi connectivity index (χ3v) is 3.75. The molecule has 0 aliphatic heterocycles. The number of hydrogen-bond acceptors (Lipinski definition) is 1. The summed E-state index contributed by atoms with van der Waals surface area (Å²) in [6.45, 7) is 1.90. The molecule has 1 aliphatic carbocycles. The van der Waals surface area contributed by atoms with Gasteiger partial charge in [-0.1, -0.05) is 25.1 Å². The van der Waals surface area contributed by atoms with E-state index in [-0.39, 0.29) is 11.9 Å². The molecule has 0 radical (unpaired) electrons. The first-order valence-corrected chi connectivity index (χ1v) is 6.68. The van der Waals surface area contributed by atoms with Crippen LogP contribution in [-0.4, -0.2) is 10.9 Å². The molecule has 1 heterocycles. The van der Waals surface area contributed by atoms with Crippen molar-refractivity contribution in [2.45, 2.75) is 38.6 Å². The summed E-state index contributed by atoms with van der Waals surface area (Å²) in [5.74, 6) is 0.137. The zero-order chi connectivity index (χ0) is 12.5. The Balaban J connectivity index is 2.05. The van der Waals surface area contributed by atoms with Crippen LogP contribution in [0.25, 0.3) is 10.9 Å². The summed E-state index contributed by atoms with van der Waals surface area (Å²) in [5, 5.41) is 4.40. The van der Waals surface area contributed by atoms with Crippen LogP contribution in [0.1, 0.15) is 43.5 Å². The van der Waals surface area contributed by atoms with E-state index in [1.807, 2.05) is 13.0 Å². The molecular weight excluding hydrogens is 224 g/mol. The number of amides is 1. The lowest BCUT2D eigenvalue weighted by atomic mass is 9.90. The van der Waals surface area contributed by atoms with Gasteiger partial charge >= 0.3 is 0 Å². The van der Waals surface area contributed by atoms with Crippen molar-refractivity contribution in [2.75, 3.05) is 0 Å². The molecule has 0 saturated carbocycles. The Hall–Kier alpha value is -1.77. The molecule has 1 aliphatic rings. The van der Waals surface area contributed by atoms with Crippen LogP contribution in [0.3, 0.4) is 0 Å². The van der Waals surface area contributed by atoms with Gasteiger partial charge in [-0.25, -0.2) is 0 Å². The molecule has 18 heavy (non-hydrogen) atoms. The van der Waals surface area contributed by atoms with Gasteiger partial charge in [0.25, 0.3) is 0 Å². The minimum absolute atomic E-state index is 0.137. The fourth-order valence-electron chi connectivity index (χ4n) is 2.88. The highest BCUT2D eigenvalue weighted by Crippen LogP contribution is 2.35. The van der Waals surface area contributed by atoms with Crippen molar-refractivity contribution in [1.82, 2.24) is 10.3 Å². The molecule has 2 aromatic rings. The second-order valence-electron chi connectivity index (χ2n) is 4.93. The number of aromatic nitrogens is 1. The number of nitrogens with one attached hydrogen (secondary N) is 2. The summed E-state index contributed by atoms with van der Waals surface area (Å²) in [7, 11) is 0. The molecule has 1 amide bonds. The van der Waals surface area contributed by atoms with Crippen LogP contribution in [0, 0.1) is 0 Å². The van der Waals surface area contributed by atoms with Crippen LogP contribution in [0.2, 0.25) is 0 Å². The van der Waals surface area contributed by atoms with Crippen molar-refractivity contribution in [3.8, 4) is 0 Å². The molecule has 3 heteroatoms. The molecule has 1 atom stereocenters. The van der Waals surface area contributed by atoms with E-state index in [2.05, 4.69) is 28.5 Å². The van der Waals surface area contributed by atoms with Gasteiger partial charge in [0.05, 0.1) is 6.04 Å². The summed E-state index contributed by atoms with van der Waals surface area (Å²) >= 11 is 0. The number of para-hydroxylation sites is 1. The Morgan fingerprint density at radius 2 is 2.28 bits per heavy atom. The van der Waals surface area contributed by atoms with Gasteiger partial charge in [-0.05, 0) is 25.3 Å². The van der Waals surface area contributed by atoms with E-state index in [9.17, 15) is 4.79 Å². The quantitative estimate of drug-likeness (QED) is 0.835. The van der Waals surface area contributed by atoms with Crippen LogP contribution in [0.5, 0.6) is 0 Å². The largest absolute Gasteiger partial charge is 0.358 e. The Morgan fingerprint density at radius 1 is 1.44 bits per heavy atom. The van der Waals surface area contributed by atoms with Crippen LogP contribution < -0.4 is 5.32 Å². The molecule has 1 unspecified atom stereocenters. The van der Waals surface area contributed by atoms with Gasteiger partial charge < -0.3 is 10.3 Å². The van der Waals surface area contributed by atoms with E-state index in [0.29, 0.717) is 6.42 Å². The number of benzene rings is 1. The third kappa shape index (κ3) is 1.80. The van der Waals surface area contributed by atoms with E-state index in [1.54, 1.807) is 0 Å². The van der Waals surface area contributed by atoms with Gasteiger partial charge in [-0.15, -0.1) is 0 Å². The maximum atomic E-state index is 11.6. The van der Waals surface area contributed by atoms with Crippen molar-refractivity contribution >= 4 is 16.8 Å². The van der Waals surface area contributed by atoms with E-state index in [1.165, 1.54) is 22.2 Å². The maximum Gasteiger partial charge on any atom is 0.220 e. The standard InChI is InChI=1S/C15H18N2O/c1-2-14(18)17-13-9-5-8-12-15(13)10-6-3-4-7-11(10)16-12/h3-4,6-7,13,16H,2,5,8-9H2,1H3,(H,17,18). The number of aryl methyl sites for hydroxylation is 1. The van der Waals surface area contributed by atoms with E-state index < -0.39 is 0 Å². The van der Waals surface area contributed by atoms with E-state index in [4.69, 9.17) is 0 Å². The first-order valence-electron chi connectivity index (χ1n) is 6.68. The Bertz CT molecular complexity index is 585. The molecule has 2 N–H and O–H groups in total. The Kier molecular flexibility index (Phi) is 2.82. The molecule has 0 spiro atoms. The minimum Gasteiger partial charge on any atom is -0.358 e. The lowest BCUT2D eigenvalue weighted by Gasteiger charge is -2.24. The number of aromatic amines is 1. The van der Waals surface area contributed by atoms with Gasteiger partial charge in [-0.3, -0.25) is 4.79 Å². The molecule has 0 saturated heterocycles. The highest BCUT2D eigenvalue weighted by molar-refractivity contribution is 5.86. The van der Waals surface area contributed by atoms with Gasteiger partial charge in [0.2, 0.25) is 5.91 Å². The van der Waals surface area contributed by atoms with Crippen molar-refractivity contribution in [2.24, 2.45) is 0 Å². The van der Waals surface area contributed by atoms with Crippen LogP contribution in [0.15, 0.2) is 24.3 Å². The number of carbonyl (C=O) groups excluding carboxylic acids is 1. The predicted octanol–water partition coefficient (Wildman–Crippen LogP) is 3.07. The molecule has 0 bridgehead atoms.